The molecule has 1 amide bonds. The SMILES string of the molecule is C#CCOc1cnc(C(=O)Nc2ccc(F)c(C(F)(F)[C@](C)(CO)SC(N)=NC)c2)cn1. The van der Waals surface area contributed by atoms with Gasteiger partial charge in [0, 0.05) is 12.7 Å². The zero-order valence-corrected chi connectivity index (χ0v) is 17.9. The van der Waals surface area contributed by atoms with Gasteiger partial charge in [-0.05, 0) is 25.1 Å². The number of nitrogens with one attached hydrogen (secondary N) is 1. The fraction of sp³-hybridized carbons (Fsp3) is 0.300. The third-order valence-electron chi connectivity index (χ3n) is 4.24. The van der Waals surface area contributed by atoms with Gasteiger partial charge < -0.3 is 20.9 Å². The van der Waals surface area contributed by atoms with Crippen molar-refractivity contribution in [2.75, 3.05) is 25.6 Å². The summed E-state index contributed by atoms with van der Waals surface area (Å²) in [5, 5.41) is 11.8. The molecule has 0 bridgehead atoms. The summed E-state index contributed by atoms with van der Waals surface area (Å²) >= 11 is 0.412. The lowest BCUT2D eigenvalue weighted by Gasteiger charge is -2.35. The maximum absolute atomic E-state index is 15.3. The van der Waals surface area contributed by atoms with Crippen molar-refractivity contribution >= 4 is 28.5 Å². The second kappa shape index (κ2) is 10.3. The molecule has 0 saturated carbocycles. The number of nitrogens with two attached hydrogens (primary N) is 1. The fourth-order valence-corrected chi connectivity index (χ4v) is 3.27. The molecule has 0 aliphatic carbocycles. The zero-order valence-electron chi connectivity index (χ0n) is 17.1. The Bertz CT molecular complexity index is 1040. The molecule has 1 aromatic carbocycles. The van der Waals surface area contributed by atoms with Gasteiger partial charge in [-0.25, -0.2) is 14.4 Å². The van der Waals surface area contributed by atoms with Gasteiger partial charge in [-0.3, -0.25) is 9.79 Å². The Balaban J connectivity index is 2.30. The van der Waals surface area contributed by atoms with Crippen LogP contribution in [0.4, 0.5) is 18.9 Å². The standard InChI is InChI=1S/C20H20F3N5O3S/c1-4-7-31-16-10-26-15(9-27-16)17(30)28-12-5-6-14(21)13(8-12)20(22,23)19(2,11-29)32-18(24)25-3/h1,5-6,8-10,29H,7,11H2,2-3H3,(H2,24,25)(H,28,30)/t19-/m0/s1. The molecule has 8 nitrogen and oxygen atoms in total. The first-order valence-electron chi connectivity index (χ1n) is 8.97. The van der Waals surface area contributed by atoms with Crippen LogP contribution in [-0.2, 0) is 5.92 Å². The first-order valence-corrected chi connectivity index (χ1v) is 9.79. The summed E-state index contributed by atoms with van der Waals surface area (Å²) in [5.74, 6) is -3.55. The van der Waals surface area contributed by atoms with Crippen LogP contribution in [0.1, 0.15) is 23.0 Å². The quantitative estimate of drug-likeness (QED) is 0.310. The number of carbonyl (C=O) groups is 1. The van der Waals surface area contributed by atoms with Crippen molar-refractivity contribution in [2.45, 2.75) is 17.6 Å². The molecule has 1 heterocycles. The first kappa shape index (κ1) is 25.0. The van der Waals surface area contributed by atoms with E-state index in [1.54, 1.807) is 0 Å². The topological polar surface area (TPSA) is 123 Å². The maximum Gasteiger partial charge on any atom is 0.292 e. The van der Waals surface area contributed by atoms with Gasteiger partial charge in [0.05, 0.1) is 24.6 Å². The van der Waals surface area contributed by atoms with Gasteiger partial charge in [-0.1, -0.05) is 17.7 Å². The zero-order chi connectivity index (χ0) is 23.9. The highest BCUT2D eigenvalue weighted by Crippen LogP contribution is 2.48. The van der Waals surface area contributed by atoms with Crippen molar-refractivity contribution in [1.82, 2.24) is 9.97 Å². The van der Waals surface area contributed by atoms with Gasteiger partial charge in [0.25, 0.3) is 11.8 Å². The molecule has 12 heteroatoms. The van der Waals surface area contributed by atoms with Gasteiger partial charge in [0.1, 0.15) is 16.3 Å². The minimum Gasteiger partial charge on any atom is -0.463 e. The lowest BCUT2D eigenvalue weighted by Crippen LogP contribution is -2.45. The molecule has 0 aliphatic heterocycles. The van der Waals surface area contributed by atoms with E-state index in [2.05, 4.69) is 26.2 Å². The molecule has 170 valence electrons. The van der Waals surface area contributed by atoms with Gasteiger partial charge in [0.2, 0.25) is 5.88 Å². The van der Waals surface area contributed by atoms with Crippen LogP contribution >= 0.6 is 11.8 Å². The minimum absolute atomic E-state index is 0.0341. The van der Waals surface area contributed by atoms with Crippen LogP contribution in [0.2, 0.25) is 0 Å². The second-order valence-electron chi connectivity index (χ2n) is 6.51. The number of carbonyl (C=O) groups excluding carboxylic acids is 1. The van der Waals surface area contributed by atoms with Crippen LogP contribution in [0.25, 0.3) is 0 Å². The average molecular weight is 467 g/mol. The molecular weight excluding hydrogens is 447 g/mol. The molecule has 1 aromatic heterocycles. The summed E-state index contributed by atoms with van der Waals surface area (Å²) < 4.78 is 47.7. The summed E-state index contributed by atoms with van der Waals surface area (Å²) in [6, 6.07) is 2.66. The molecule has 0 spiro atoms. The van der Waals surface area contributed by atoms with Crippen LogP contribution in [0.15, 0.2) is 35.6 Å². The smallest absolute Gasteiger partial charge is 0.292 e. The van der Waals surface area contributed by atoms with E-state index >= 15 is 8.78 Å². The third-order valence-corrected chi connectivity index (χ3v) is 5.47. The summed E-state index contributed by atoms with van der Waals surface area (Å²) in [4.78, 5) is 23.7. The Kier molecular flexibility index (Phi) is 8.07. The number of aliphatic imine (C=N–C) groups is 1. The highest BCUT2D eigenvalue weighted by Gasteiger charge is 2.54. The second-order valence-corrected chi connectivity index (χ2v) is 8.03. The number of anilines is 1. The number of hydrogen-bond acceptors (Lipinski definition) is 7. The normalized spacial score (nSPS) is 13.7. The number of alkyl halides is 2. The molecular formula is C20H20F3N5O3S. The van der Waals surface area contributed by atoms with Crippen molar-refractivity contribution in [1.29, 1.82) is 0 Å². The van der Waals surface area contributed by atoms with E-state index in [9.17, 15) is 14.3 Å². The molecule has 0 fully saturated rings. The number of rotatable bonds is 8. The van der Waals surface area contributed by atoms with Crippen molar-refractivity contribution in [3.05, 3.63) is 47.7 Å². The van der Waals surface area contributed by atoms with Crippen molar-refractivity contribution in [2.24, 2.45) is 10.7 Å². The number of hydrogen-bond donors (Lipinski definition) is 3. The molecule has 4 N–H and O–H groups in total. The Morgan fingerprint density at radius 3 is 2.69 bits per heavy atom. The Morgan fingerprint density at radius 2 is 2.12 bits per heavy atom. The minimum atomic E-state index is -3.89. The molecule has 0 aliphatic rings. The number of nitrogens with zero attached hydrogens (tertiary/aromatic N) is 3. The van der Waals surface area contributed by atoms with E-state index in [-0.39, 0.29) is 29.0 Å². The van der Waals surface area contributed by atoms with Crippen molar-refractivity contribution in [3.63, 3.8) is 0 Å². The van der Waals surface area contributed by atoms with Crippen molar-refractivity contribution in [3.8, 4) is 18.2 Å². The largest absolute Gasteiger partial charge is 0.463 e. The van der Waals surface area contributed by atoms with Gasteiger partial charge in [-0.15, -0.1) is 6.42 Å². The van der Waals surface area contributed by atoms with Gasteiger partial charge >= 0.3 is 0 Å². The number of amides is 1. The number of terminal acetylenes is 1. The summed E-state index contributed by atoms with van der Waals surface area (Å²) in [5.41, 5.74) is 4.23. The highest BCUT2D eigenvalue weighted by atomic mass is 32.2. The molecule has 0 saturated heterocycles. The number of aromatic nitrogens is 2. The molecule has 2 aromatic rings. The Labute approximate surface area is 186 Å². The lowest BCUT2D eigenvalue weighted by molar-refractivity contribution is -0.0588. The van der Waals surface area contributed by atoms with E-state index in [1.807, 2.05) is 0 Å². The Morgan fingerprint density at radius 1 is 1.41 bits per heavy atom. The first-order chi connectivity index (χ1) is 15.1. The van der Waals surface area contributed by atoms with E-state index in [0.717, 1.165) is 31.3 Å². The Hall–Kier alpha value is -3.30. The monoisotopic (exact) mass is 467 g/mol. The number of aliphatic hydroxyl groups is 1. The number of aliphatic hydroxyl groups excluding tert-OH is 1. The molecule has 2 rings (SSSR count). The number of benzene rings is 1. The lowest BCUT2D eigenvalue weighted by atomic mass is 9.95. The summed E-state index contributed by atoms with van der Waals surface area (Å²) in [6.07, 6.45) is 7.34. The molecule has 1 atom stereocenters. The maximum atomic E-state index is 15.3. The molecule has 0 unspecified atom stereocenters. The van der Waals surface area contributed by atoms with E-state index in [1.165, 1.54) is 13.2 Å². The van der Waals surface area contributed by atoms with Crippen LogP contribution in [0.3, 0.4) is 0 Å². The summed E-state index contributed by atoms with van der Waals surface area (Å²) in [7, 11) is 1.30. The predicted molar refractivity (Wildman–Crippen MR) is 115 cm³/mol. The molecule has 32 heavy (non-hydrogen) atoms. The highest BCUT2D eigenvalue weighted by molar-refractivity contribution is 8.15. The number of halogens is 3. The van der Waals surface area contributed by atoms with Crippen LogP contribution in [0.5, 0.6) is 5.88 Å². The van der Waals surface area contributed by atoms with Crippen LogP contribution < -0.4 is 15.8 Å². The van der Waals surface area contributed by atoms with Gasteiger partial charge in [-0.2, -0.15) is 8.78 Å². The van der Waals surface area contributed by atoms with E-state index in [4.69, 9.17) is 16.9 Å². The summed E-state index contributed by atoms with van der Waals surface area (Å²) in [6.45, 7) is -0.0337. The average Bonchev–Trinajstić information content (AvgIpc) is 2.78. The van der Waals surface area contributed by atoms with Crippen molar-refractivity contribution < 1.29 is 27.8 Å². The van der Waals surface area contributed by atoms with E-state index in [0.29, 0.717) is 11.8 Å². The number of ether oxygens (including phenoxy) is 1. The number of thioether (sulfide) groups is 1. The van der Waals surface area contributed by atoms with Crippen LogP contribution in [-0.4, -0.2) is 51.2 Å². The fourth-order valence-electron chi connectivity index (χ4n) is 2.42. The third kappa shape index (κ3) is 5.49. The van der Waals surface area contributed by atoms with Crippen LogP contribution in [0, 0.1) is 18.2 Å². The number of amidine groups is 1. The van der Waals surface area contributed by atoms with E-state index < -0.39 is 34.6 Å². The van der Waals surface area contributed by atoms with Gasteiger partial charge in [0.15, 0.2) is 11.8 Å². The predicted octanol–water partition coefficient (Wildman–Crippen LogP) is 2.40. The molecule has 0 radical (unpaired) electrons.